The van der Waals surface area contributed by atoms with Gasteiger partial charge in [-0.15, -0.1) is 0 Å². The molecule has 0 spiro atoms. The van der Waals surface area contributed by atoms with E-state index in [1.807, 2.05) is 19.1 Å². The molecule has 11 heteroatoms. The van der Waals surface area contributed by atoms with E-state index in [2.05, 4.69) is 10.4 Å². The summed E-state index contributed by atoms with van der Waals surface area (Å²) in [6.07, 6.45) is 0. The maximum absolute atomic E-state index is 12.8. The van der Waals surface area contributed by atoms with Crippen LogP contribution in [-0.4, -0.2) is 25.5 Å². The van der Waals surface area contributed by atoms with E-state index < -0.39 is 21.8 Å². The molecule has 1 aromatic heterocycles. The van der Waals surface area contributed by atoms with E-state index in [1.165, 1.54) is 43.7 Å². The van der Waals surface area contributed by atoms with Crippen LogP contribution in [0.4, 0.5) is 17.1 Å². The lowest BCUT2D eigenvalue weighted by Gasteiger charge is -2.15. The average Bonchev–Trinajstić information content (AvgIpc) is 3.03. The van der Waals surface area contributed by atoms with E-state index in [4.69, 9.17) is 4.74 Å². The van der Waals surface area contributed by atoms with Gasteiger partial charge in [-0.2, -0.15) is 5.10 Å². The van der Waals surface area contributed by atoms with Gasteiger partial charge in [-0.25, -0.2) is 0 Å². The topological polar surface area (TPSA) is 142 Å². The highest BCUT2D eigenvalue weighted by Gasteiger charge is 2.27. The summed E-state index contributed by atoms with van der Waals surface area (Å²) in [5, 5.41) is 29.3. The number of aromatic nitrogens is 2. The predicted octanol–water partition coefficient (Wildman–Crippen LogP) is 4.62. The third-order valence-corrected chi connectivity index (χ3v) is 4.84. The second-order valence-corrected chi connectivity index (χ2v) is 7.27. The van der Waals surface area contributed by atoms with Crippen LogP contribution < -0.4 is 10.1 Å². The molecule has 1 unspecified atom stereocenters. The fourth-order valence-electron chi connectivity index (χ4n) is 3.22. The van der Waals surface area contributed by atoms with Gasteiger partial charge in [0, 0.05) is 12.1 Å². The summed E-state index contributed by atoms with van der Waals surface area (Å²) in [5.74, 6) is 0.108. The average molecular weight is 439 g/mol. The molecule has 166 valence electrons. The highest BCUT2D eigenvalue weighted by atomic mass is 16.6. The molecule has 0 aliphatic rings. The summed E-state index contributed by atoms with van der Waals surface area (Å²) in [4.78, 5) is 34.2. The highest BCUT2D eigenvalue weighted by Crippen LogP contribution is 2.31. The fraction of sp³-hybridized carbons (Fsp3) is 0.238. The van der Waals surface area contributed by atoms with Gasteiger partial charge in [0.05, 0.1) is 21.6 Å². The van der Waals surface area contributed by atoms with Crippen molar-refractivity contribution in [1.29, 1.82) is 0 Å². The number of hydrogen-bond acceptors (Lipinski definition) is 7. The lowest BCUT2D eigenvalue weighted by atomic mass is 10.2. The maximum Gasteiger partial charge on any atom is 0.312 e. The number of non-ortho nitro benzene ring substituents is 1. The minimum Gasteiger partial charge on any atom is -0.457 e. The van der Waals surface area contributed by atoms with Gasteiger partial charge in [0.15, 0.2) is 0 Å². The van der Waals surface area contributed by atoms with Gasteiger partial charge < -0.3 is 10.1 Å². The van der Waals surface area contributed by atoms with E-state index in [9.17, 15) is 25.0 Å². The SMILES string of the molecule is Cc1ccc(Oc2cc(NC(=O)C(C)n3nc(C)c([N+](=O)[O-])c3C)cc([N+](=O)[O-])c2)cc1. The van der Waals surface area contributed by atoms with Gasteiger partial charge in [0.2, 0.25) is 5.91 Å². The number of rotatable bonds is 7. The molecule has 1 atom stereocenters. The Morgan fingerprint density at radius 2 is 1.69 bits per heavy atom. The molecule has 0 fully saturated rings. The van der Waals surface area contributed by atoms with Crippen molar-refractivity contribution in [3.8, 4) is 11.5 Å². The Kier molecular flexibility index (Phi) is 6.19. The zero-order chi connectivity index (χ0) is 23.6. The Hall–Kier alpha value is -4.28. The number of nitrogens with one attached hydrogen (secondary N) is 1. The Balaban J connectivity index is 1.87. The van der Waals surface area contributed by atoms with Gasteiger partial charge >= 0.3 is 5.69 Å². The van der Waals surface area contributed by atoms with Crippen LogP contribution in [0.25, 0.3) is 0 Å². The van der Waals surface area contributed by atoms with Gasteiger partial charge in [-0.05, 0) is 39.8 Å². The lowest BCUT2D eigenvalue weighted by molar-refractivity contribution is -0.386. The molecule has 0 aliphatic heterocycles. The number of amides is 1. The molecule has 0 bridgehead atoms. The number of nitro groups is 2. The van der Waals surface area contributed by atoms with Crippen molar-refractivity contribution in [1.82, 2.24) is 9.78 Å². The Morgan fingerprint density at radius 1 is 1.03 bits per heavy atom. The van der Waals surface area contributed by atoms with Crippen LogP contribution in [0.2, 0.25) is 0 Å². The first-order valence-corrected chi connectivity index (χ1v) is 9.61. The number of benzene rings is 2. The molecule has 0 saturated carbocycles. The first-order chi connectivity index (χ1) is 15.1. The van der Waals surface area contributed by atoms with Crippen LogP contribution in [0.15, 0.2) is 42.5 Å². The second-order valence-electron chi connectivity index (χ2n) is 7.27. The minimum absolute atomic E-state index is 0.147. The third-order valence-electron chi connectivity index (χ3n) is 4.84. The van der Waals surface area contributed by atoms with Gasteiger partial charge in [0.1, 0.15) is 28.9 Å². The number of ether oxygens (including phenoxy) is 1. The number of carbonyl (C=O) groups is 1. The number of anilines is 1. The van der Waals surface area contributed by atoms with Crippen LogP contribution >= 0.6 is 0 Å². The molecule has 1 heterocycles. The van der Waals surface area contributed by atoms with Crippen molar-refractivity contribution >= 4 is 23.0 Å². The minimum atomic E-state index is -0.900. The maximum atomic E-state index is 12.8. The molecule has 0 saturated heterocycles. The van der Waals surface area contributed by atoms with Gasteiger partial charge in [-0.1, -0.05) is 17.7 Å². The van der Waals surface area contributed by atoms with E-state index in [-0.39, 0.29) is 34.2 Å². The van der Waals surface area contributed by atoms with E-state index >= 15 is 0 Å². The molecule has 3 aromatic rings. The van der Waals surface area contributed by atoms with Crippen LogP contribution in [0.5, 0.6) is 11.5 Å². The van der Waals surface area contributed by atoms with Crippen molar-refractivity contribution < 1.29 is 19.4 Å². The third kappa shape index (κ3) is 4.72. The van der Waals surface area contributed by atoms with Gasteiger partial charge in [0.25, 0.3) is 5.69 Å². The number of hydrogen-bond donors (Lipinski definition) is 1. The highest BCUT2D eigenvalue weighted by molar-refractivity contribution is 5.94. The Bertz CT molecular complexity index is 1200. The zero-order valence-electron chi connectivity index (χ0n) is 17.9. The summed E-state index contributed by atoms with van der Waals surface area (Å²) < 4.78 is 6.96. The Morgan fingerprint density at radius 3 is 2.25 bits per heavy atom. The van der Waals surface area contributed by atoms with Crippen molar-refractivity contribution in [3.63, 3.8) is 0 Å². The molecule has 3 rings (SSSR count). The summed E-state index contributed by atoms with van der Waals surface area (Å²) in [5.41, 5.74) is 1.18. The molecule has 0 aliphatic carbocycles. The molecule has 11 nitrogen and oxygen atoms in total. The smallest absolute Gasteiger partial charge is 0.312 e. The van der Waals surface area contributed by atoms with Crippen LogP contribution in [0.3, 0.4) is 0 Å². The van der Waals surface area contributed by atoms with E-state index in [0.717, 1.165) is 5.56 Å². The van der Waals surface area contributed by atoms with E-state index in [0.29, 0.717) is 5.75 Å². The van der Waals surface area contributed by atoms with Crippen LogP contribution in [0, 0.1) is 41.0 Å². The fourth-order valence-corrected chi connectivity index (χ4v) is 3.22. The number of nitrogens with zero attached hydrogens (tertiary/aromatic N) is 4. The molecule has 1 N–H and O–H groups in total. The largest absolute Gasteiger partial charge is 0.457 e. The first kappa shape index (κ1) is 22.4. The molecule has 32 heavy (non-hydrogen) atoms. The summed E-state index contributed by atoms with van der Waals surface area (Å²) >= 11 is 0. The molecule has 2 aromatic carbocycles. The van der Waals surface area contributed by atoms with Crippen molar-refractivity contribution in [3.05, 3.63) is 79.6 Å². The summed E-state index contributed by atoms with van der Waals surface area (Å²) in [6.45, 7) is 6.44. The number of nitro benzene ring substituents is 1. The van der Waals surface area contributed by atoms with Crippen molar-refractivity contribution in [2.24, 2.45) is 0 Å². The van der Waals surface area contributed by atoms with Crippen molar-refractivity contribution in [2.45, 2.75) is 33.7 Å². The quantitative estimate of drug-likeness (QED) is 0.418. The number of aryl methyl sites for hydroxylation is 2. The lowest BCUT2D eigenvalue weighted by Crippen LogP contribution is -2.25. The zero-order valence-corrected chi connectivity index (χ0v) is 17.9. The van der Waals surface area contributed by atoms with Gasteiger partial charge in [-0.3, -0.25) is 29.7 Å². The molecular weight excluding hydrogens is 418 g/mol. The Labute approximate surface area is 182 Å². The van der Waals surface area contributed by atoms with Crippen molar-refractivity contribution in [2.75, 3.05) is 5.32 Å². The first-order valence-electron chi connectivity index (χ1n) is 9.61. The number of carbonyl (C=O) groups excluding carboxylic acids is 1. The molecular formula is C21H21N5O6. The van der Waals surface area contributed by atoms with Crippen LogP contribution in [0.1, 0.15) is 29.9 Å². The standard InChI is InChI=1S/C21H21N5O6/c1-12-5-7-18(8-6-12)32-19-10-16(9-17(11-19)25(28)29)22-21(27)15(4)24-14(3)20(26(30)31)13(2)23-24/h5-11,15H,1-4H3,(H,22,27). The normalized spacial score (nSPS) is 11.6. The van der Waals surface area contributed by atoms with Crippen LogP contribution in [-0.2, 0) is 4.79 Å². The molecule has 0 radical (unpaired) electrons. The second kappa shape index (κ2) is 8.84. The molecule has 1 amide bonds. The monoisotopic (exact) mass is 439 g/mol. The van der Waals surface area contributed by atoms with E-state index in [1.54, 1.807) is 12.1 Å². The summed E-state index contributed by atoms with van der Waals surface area (Å²) in [6, 6.07) is 10.1. The predicted molar refractivity (Wildman–Crippen MR) is 116 cm³/mol. The summed E-state index contributed by atoms with van der Waals surface area (Å²) in [7, 11) is 0.